The summed E-state index contributed by atoms with van der Waals surface area (Å²) < 4.78 is 5.52. The summed E-state index contributed by atoms with van der Waals surface area (Å²) >= 11 is 12.4. The Bertz CT molecular complexity index is 743. The van der Waals surface area contributed by atoms with Crippen LogP contribution in [0, 0.1) is 0 Å². The van der Waals surface area contributed by atoms with Gasteiger partial charge in [0.2, 0.25) is 5.91 Å². The Morgan fingerprint density at radius 3 is 2.44 bits per heavy atom. The van der Waals surface area contributed by atoms with E-state index in [-0.39, 0.29) is 5.91 Å². The highest BCUT2D eigenvalue weighted by Crippen LogP contribution is 2.37. The van der Waals surface area contributed by atoms with Gasteiger partial charge in [-0.1, -0.05) is 65.7 Å². The molecule has 5 heteroatoms. The van der Waals surface area contributed by atoms with Crippen molar-refractivity contribution in [3.8, 4) is 0 Å². The van der Waals surface area contributed by atoms with Crippen LogP contribution in [0.15, 0.2) is 48.5 Å². The van der Waals surface area contributed by atoms with Gasteiger partial charge in [-0.15, -0.1) is 0 Å². The van der Waals surface area contributed by atoms with E-state index in [1.165, 1.54) is 0 Å². The van der Waals surface area contributed by atoms with Gasteiger partial charge in [0.1, 0.15) is 0 Å². The van der Waals surface area contributed by atoms with Crippen molar-refractivity contribution in [2.45, 2.75) is 24.8 Å². The SMILES string of the molecule is CN(Cc1cccc(Cl)c1Cl)C(=O)C1(c2ccccc2)CCOCC1. The number of carbonyl (C=O) groups excluding carboxylic acids is 1. The molecule has 3 rings (SSSR count). The van der Waals surface area contributed by atoms with Crippen molar-refractivity contribution < 1.29 is 9.53 Å². The van der Waals surface area contributed by atoms with Crippen LogP contribution in [-0.2, 0) is 21.5 Å². The molecule has 0 N–H and O–H groups in total. The van der Waals surface area contributed by atoms with Crippen LogP contribution in [0.4, 0.5) is 0 Å². The fourth-order valence-electron chi connectivity index (χ4n) is 3.47. The molecule has 1 amide bonds. The quantitative estimate of drug-likeness (QED) is 0.772. The summed E-state index contributed by atoms with van der Waals surface area (Å²) in [5.74, 6) is 0.0954. The summed E-state index contributed by atoms with van der Waals surface area (Å²) in [5, 5.41) is 1.01. The number of nitrogens with zero attached hydrogens (tertiary/aromatic N) is 1. The summed E-state index contributed by atoms with van der Waals surface area (Å²) in [5.41, 5.74) is 1.35. The molecule has 0 atom stereocenters. The molecule has 1 fully saturated rings. The number of hydrogen-bond acceptors (Lipinski definition) is 2. The second-order valence-corrected chi connectivity index (χ2v) is 7.22. The first-order chi connectivity index (χ1) is 12.0. The molecule has 0 unspecified atom stereocenters. The molecule has 25 heavy (non-hydrogen) atoms. The summed E-state index contributed by atoms with van der Waals surface area (Å²) in [7, 11) is 1.82. The lowest BCUT2D eigenvalue weighted by Crippen LogP contribution is -2.48. The Morgan fingerprint density at radius 2 is 1.76 bits per heavy atom. The zero-order chi connectivity index (χ0) is 17.9. The number of amides is 1. The van der Waals surface area contributed by atoms with E-state index in [9.17, 15) is 4.79 Å². The fourth-order valence-corrected chi connectivity index (χ4v) is 3.85. The fraction of sp³-hybridized carbons (Fsp3) is 0.350. The van der Waals surface area contributed by atoms with Crippen molar-refractivity contribution in [3.05, 3.63) is 69.7 Å². The van der Waals surface area contributed by atoms with Crippen molar-refractivity contribution >= 4 is 29.1 Å². The monoisotopic (exact) mass is 377 g/mol. The summed E-state index contributed by atoms with van der Waals surface area (Å²) in [6.45, 7) is 1.60. The van der Waals surface area contributed by atoms with E-state index < -0.39 is 5.41 Å². The van der Waals surface area contributed by atoms with Gasteiger partial charge in [-0.3, -0.25) is 4.79 Å². The molecule has 1 aliphatic heterocycles. The predicted molar refractivity (Wildman–Crippen MR) is 101 cm³/mol. The molecular formula is C20H21Cl2NO2. The van der Waals surface area contributed by atoms with Crippen molar-refractivity contribution in [2.24, 2.45) is 0 Å². The minimum absolute atomic E-state index is 0.0954. The Labute approximate surface area is 158 Å². The van der Waals surface area contributed by atoms with Crippen LogP contribution < -0.4 is 0 Å². The number of benzene rings is 2. The van der Waals surface area contributed by atoms with Crippen molar-refractivity contribution in [2.75, 3.05) is 20.3 Å². The largest absolute Gasteiger partial charge is 0.381 e. The second-order valence-electron chi connectivity index (χ2n) is 6.43. The molecule has 2 aromatic carbocycles. The molecule has 0 saturated carbocycles. The molecule has 3 nitrogen and oxygen atoms in total. The smallest absolute Gasteiger partial charge is 0.233 e. The molecule has 0 aliphatic carbocycles. The van der Waals surface area contributed by atoms with Crippen molar-refractivity contribution in [1.29, 1.82) is 0 Å². The first kappa shape index (κ1) is 18.2. The maximum atomic E-state index is 13.4. The van der Waals surface area contributed by atoms with Crippen LogP contribution in [0.5, 0.6) is 0 Å². The van der Waals surface area contributed by atoms with Crippen LogP contribution in [-0.4, -0.2) is 31.1 Å². The highest BCUT2D eigenvalue weighted by atomic mass is 35.5. The molecule has 132 valence electrons. The van der Waals surface area contributed by atoms with E-state index in [2.05, 4.69) is 0 Å². The molecule has 2 aromatic rings. The maximum Gasteiger partial charge on any atom is 0.233 e. The number of rotatable bonds is 4. The zero-order valence-corrected chi connectivity index (χ0v) is 15.7. The van der Waals surface area contributed by atoms with Gasteiger partial charge in [0, 0.05) is 26.8 Å². The van der Waals surface area contributed by atoms with Crippen molar-refractivity contribution in [3.63, 3.8) is 0 Å². The standard InChI is InChI=1S/C20H21Cl2NO2/c1-23(14-15-6-5-9-17(21)18(15)22)19(24)20(10-12-25-13-11-20)16-7-3-2-4-8-16/h2-9H,10-14H2,1H3. The van der Waals surface area contributed by atoms with Crippen LogP contribution in [0.2, 0.25) is 10.0 Å². The van der Waals surface area contributed by atoms with Crippen LogP contribution in [0.25, 0.3) is 0 Å². The van der Waals surface area contributed by atoms with E-state index in [1.54, 1.807) is 11.0 Å². The lowest BCUT2D eigenvalue weighted by Gasteiger charge is -2.39. The Morgan fingerprint density at radius 1 is 1.08 bits per heavy atom. The third-order valence-corrected chi connectivity index (χ3v) is 5.73. The van der Waals surface area contributed by atoms with Gasteiger partial charge in [0.15, 0.2) is 0 Å². The number of likely N-dealkylation sites (N-methyl/N-ethyl adjacent to an activating group) is 1. The zero-order valence-electron chi connectivity index (χ0n) is 14.2. The predicted octanol–water partition coefficient (Wildman–Crippen LogP) is 4.70. The highest BCUT2D eigenvalue weighted by Gasteiger charge is 2.43. The van der Waals surface area contributed by atoms with Gasteiger partial charge >= 0.3 is 0 Å². The van der Waals surface area contributed by atoms with Gasteiger partial charge in [-0.2, -0.15) is 0 Å². The Balaban J connectivity index is 1.88. The van der Waals surface area contributed by atoms with Crippen LogP contribution in [0.3, 0.4) is 0 Å². The third-order valence-electron chi connectivity index (χ3n) is 4.87. The first-order valence-electron chi connectivity index (χ1n) is 8.36. The van der Waals surface area contributed by atoms with Gasteiger partial charge < -0.3 is 9.64 Å². The molecule has 0 spiro atoms. The number of ether oxygens (including phenoxy) is 1. The number of carbonyl (C=O) groups is 1. The van der Waals surface area contributed by atoms with Gasteiger partial charge in [0.05, 0.1) is 15.5 Å². The topological polar surface area (TPSA) is 29.5 Å². The normalized spacial score (nSPS) is 16.4. The Kier molecular flexibility index (Phi) is 5.67. The lowest BCUT2D eigenvalue weighted by atomic mass is 9.73. The minimum Gasteiger partial charge on any atom is -0.381 e. The average molecular weight is 378 g/mol. The molecule has 1 aliphatic rings. The molecule has 0 bridgehead atoms. The number of halogens is 2. The molecule has 1 heterocycles. The molecular weight excluding hydrogens is 357 g/mol. The van der Waals surface area contributed by atoms with Gasteiger partial charge in [-0.05, 0) is 30.0 Å². The molecule has 1 saturated heterocycles. The average Bonchev–Trinajstić information content (AvgIpc) is 2.66. The van der Waals surface area contributed by atoms with E-state index in [0.717, 1.165) is 11.1 Å². The van der Waals surface area contributed by atoms with E-state index in [1.807, 2.05) is 49.5 Å². The highest BCUT2D eigenvalue weighted by molar-refractivity contribution is 6.42. The molecule has 0 radical (unpaired) electrons. The van der Waals surface area contributed by atoms with Gasteiger partial charge in [0.25, 0.3) is 0 Å². The minimum atomic E-state index is -0.542. The summed E-state index contributed by atoms with van der Waals surface area (Å²) in [6, 6.07) is 15.5. The second kappa shape index (κ2) is 7.77. The van der Waals surface area contributed by atoms with Gasteiger partial charge in [-0.25, -0.2) is 0 Å². The number of hydrogen-bond donors (Lipinski definition) is 0. The molecule has 0 aromatic heterocycles. The van der Waals surface area contributed by atoms with E-state index in [0.29, 0.717) is 42.6 Å². The van der Waals surface area contributed by atoms with Crippen molar-refractivity contribution in [1.82, 2.24) is 4.90 Å². The maximum absolute atomic E-state index is 13.4. The van der Waals surface area contributed by atoms with E-state index in [4.69, 9.17) is 27.9 Å². The van der Waals surface area contributed by atoms with Crippen LogP contribution in [0.1, 0.15) is 24.0 Å². The van der Waals surface area contributed by atoms with Crippen LogP contribution >= 0.6 is 23.2 Å². The first-order valence-corrected chi connectivity index (χ1v) is 9.12. The van der Waals surface area contributed by atoms with E-state index >= 15 is 0 Å². The lowest BCUT2D eigenvalue weighted by molar-refractivity contribution is -0.140. The summed E-state index contributed by atoms with van der Waals surface area (Å²) in [4.78, 5) is 15.2. The Hall–Kier alpha value is -1.55. The summed E-state index contributed by atoms with van der Waals surface area (Å²) in [6.07, 6.45) is 1.37. The third kappa shape index (κ3) is 3.69.